The minimum atomic E-state index is -3.84. The van der Waals surface area contributed by atoms with Crippen molar-refractivity contribution in [2.45, 2.75) is 36.5 Å². The van der Waals surface area contributed by atoms with Crippen molar-refractivity contribution in [3.8, 4) is 5.75 Å². The van der Waals surface area contributed by atoms with E-state index in [0.717, 1.165) is 11.1 Å². The van der Waals surface area contributed by atoms with Gasteiger partial charge in [0.1, 0.15) is 10.6 Å². The number of sulfonamides is 2. The van der Waals surface area contributed by atoms with Gasteiger partial charge >= 0.3 is 0 Å². The van der Waals surface area contributed by atoms with Crippen molar-refractivity contribution in [3.63, 3.8) is 0 Å². The summed E-state index contributed by atoms with van der Waals surface area (Å²) in [5.74, 6) is -0.559. The van der Waals surface area contributed by atoms with Crippen LogP contribution in [0.4, 0.5) is 0 Å². The van der Waals surface area contributed by atoms with E-state index in [9.17, 15) is 21.6 Å². The topological polar surface area (TPSA) is 122 Å². The van der Waals surface area contributed by atoms with Crippen molar-refractivity contribution in [2.24, 2.45) is 5.92 Å². The summed E-state index contributed by atoms with van der Waals surface area (Å²) in [4.78, 5) is 12.9. The third-order valence-electron chi connectivity index (χ3n) is 5.74. The molecule has 2 aromatic rings. The van der Waals surface area contributed by atoms with Crippen LogP contribution in [0.25, 0.3) is 0 Å². The van der Waals surface area contributed by atoms with E-state index in [1.54, 1.807) is 37.3 Å². The van der Waals surface area contributed by atoms with E-state index in [2.05, 4.69) is 10.0 Å². The predicted octanol–water partition coefficient (Wildman–Crippen LogP) is 1.81. The quantitative estimate of drug-likeness (QED) is 0.497. The molecule has 1 fully saturated rings. The maximum absolute atomic E-state index is 13.3. The van der Waals surface area contributed by atoms with Crippen LogP contribution in [-0.4, -0.2) is 60.3 Å². The minimum absolute atomic E-state index is 0.0250. The summed E-state index contributed by atoms with van der Waals surface area (Å²) in [6.45, 7) is 4.17. The number of hydrogen-bond donors (Lipinski definition) is 2. The van der Waals surface area contributed by atoms with Gasteiger partial charge in [0.2, 0.25) is 26.0 Å². The van der Waals surface area contributed by atoms with Crippen molar-refractivity contribution in [1.82, 2.24) is 14.3 Å². The van der Waals surface area contributed by atoms with Gasteiger partial charge in [-0.1, -0.05) is 23.8 Å². The number of nitrogens with zero attached hydrogens (tertiary/aromatic N) is 1. The Morgan fingerprint density at radius 1 is 1.03 bits per heavy atom. The second kappa shape index (κ2) is 10.9. The van der Waals surface area contributed by atoms with Crippen LogP contribution in [0.15, 0.2) is 52.3 Å². The maximum atomic E-state index is 13.3. The fraction of sp³-hybridized carbons (Fsp3) is 0.435. The standard InChI is InChI=1S/C23H31N3O6S2/c1-17-6-9-20(10-7-17)33(28,29)25-13-12-24-23(27)19-5-4-14-26(16-19)34(30,31)22-15-18(2)8-11-21(22)32-3/h6-11,15,19,25H,4-5,12-14,16H2,1-3H3,(H,24,27)/t19-/m1/s1. The van der Waals surface area contributed by atoms with Gasteiger partial charge in [-0.25, -0.2) is 21.6 Å². The van der Waals surface area contributed by atoms with Crippen LogP contribution in [0.1, 0.15) is 24.0 Å². The van der Waals surface area contributed by atoms with E-state index in [4.69, 9.17) is 4.74 Å². The van der Waals surface area contributed by atoms with Crippen LogP contribution in [0.3, 0.4) is 0 Å². The number of methoxy groups -OCH3 is 1. The average molecular weight is 510 g/mol. The van der Waals surface area contributed by atoms with E-state index in [1.807, 2.05) is 6.92 Å². The highest BCUT2D eigenvalue weighted by atomic mass is 32.2. The smallest absolute Gasteiger partial charge is 0.246 e. The highest BCUT2D eigenvalue weighted by molar-refractivity contribution is 7.89. The van der Waals surface area contributed by atoms with Gasteiger partial charge in [0.15, 0.2) is 0 Å². The first-order valence-electron chi connectivity index (χ1n) is 11.0. The van der Waals surface area contributed by atoms with Gasteiger partial charge in [-0.15, -0.1) is 0 Å². The van der Waals surface area contributed by atoms with Gasteiger partial charge in [0.25, 0.3) is 0 Å². The van der Waals surface area contributed by atoms with E-state index in [0.29, 0.717) is 19.4 Å². The second-order valence-electron chi connectivity index (χ2n) is 8.36. The van der Waals surface area contributed by atoms with Crippen LogP contribution < -0.4 is 14.8 Å². The van der Waals surface area contributed by atoms with E-state index < -0.39 is 26.0 Å². The molecule has 1 aliphatic rings. The Kier molecular flexibility index (Phi) is 8.34. The summed E-state index contributed by atoms with van der Waals surface area (Å²) in [6.07, 6.45) is 1.10. The largest absolute Gasteiger partial charge is 0.495 e. The number of nitrogens with one attached hydrogen (secondary N) is 2. The Morgan fingerprint density at radius 3 is 2.38 bits per heavy atom. The second-order valence-corrected chi connectivity index (χ2v) is 12.0. The van der Waals surface area contributed by atoms with Crippen LogP contribution in [0, 0.1) is 19.8 Å². The molecule has 2 N–H and O–H groups in total. The predicted molar refractivity (Wildman–Crippen MR) is 129 cm³/mol. The van der Waals surface area contributed by atoms with Gasteiger partial charge in [0, 0.05) is 26.2 Å². The molecule has 2 aromatic carbocycles. The number of hydrogen-bond acceptors (Lipinski definition) is 6. The van der Waals surface area contributed by atoms with Gasteiger partial charge in [-0.05, 0) is 56.5 Å². The molecule has 1 aliphatic heterocycles. The highest BCUT2D eigenvalue weighted by Gasteiger charge is 2.34. The molecule has 0 unspecified atom stereocenters. The Hall–Kier alpha value is -2.47. The zero-order valence-corrected chi connectivity index (χ0v) is 21.2. The monoisotopic (exact) mass is 509 g/mol. The number of ether oxygens (including phenoxy) is 1. The zero-order chi connectivity index (χ0) is 24.9. The van der Waals surface area contributed by atoms with Crippen LogP contribution >= 0.6 is 0 Å². The minimum Gasteiger partial charge on any atom is -0.495 e. The van der Waals surface area contributed by atoms with Crippen molar-refractivity contribution >= 4 is 26.0 Å². The molecule has 0 aromatic heterocycles. The number of aryl methyl sites for hydroxylation is 2. The number of carbonyl (C=O) groups excluding carboxylic acids is 1. The van der Waals surface area contributed by atoms with Crippen molar-refractivity contribution in [2.75, 3.05) is 33.3 Å². The lowest BCUT2D eigenvalue weighted by Crippen LogP contribution is -2.46. The lowest BCUT2D eigenvalue weighted by molar-refractivity contribution is -0.126. The van der Waals surface area contributed by atoms with Gasteiger partial charge in [0.05, 0.1) is 17.9 Å². The molecule has 0 saturated carbocycles. The average Bonchev–Trinajstić information content (AvgIpc) is 2.82. The van der Waals surface area contributed by atoms with Gasteiger partial charge < -0.3 is 10.1 Å². The molecule has 34 heavy (non-hydrogen) atoms. The zero-order valence-electron chi connectivity index (χ0n) is 19.6. The molecule has 3 rings (SSSR count). The van der Waals surface area contributed by atoms with Crippen molar-refractivity contribution < 1.29 is 26.4 Å². The molecule has 0 aliphatic carbocycles. The molecular weight excluding hydrogens is 478 g/mol. The number of benzene rings is 2. The Morgan fingerprint density at radius 2 is 1.71 bits per heavy atom. The fourth-order valence-corrected chi connectivity index (χ4v) is 6.61. The molecule has 0 radical (unpaired) electrons. The summed E-state index contributed by atoms with van der Waals surface area (Å²) in [5, 5.41) is 2.72. The molecule has 1 atom stereocenters. The number of amides is 1. The van der Waals surface area contributed by atoms with E-state index in [-0.39, 0.29) is 41.1 Å². The number of rotatable bonds is 9. The molecular formula is C23H31N3O6S2. The summed E-state index contributed by atoms with van der Waals surface area (Å²) in [6, 6.07) is 11.4. The van der Waals surface area contributed by atoms with Crippen molar-refractivity contribution in [3.05, 3.63) is 53.6 Å². The molecule has 186 valence electrons. The molecule has 9 nitrogen and oxygen atoms in total. The summed E-state index contributed by atoms with van der Waals surface area (Å²) >= 11 is 0. The molecule has 1 heterocycles. The molecule has 0 bridgehead atoms. The first kappa shape index (κ1) is 26.1. The third-order valence-corrected chi connectivity index (χ3v) is 9.10. The fourth-order valence-electron chi connectivity index (χ4n) is 3.82. The maximum Gasteiger partial charge on any atom is 0.246 e. The normalized spacial score (nSPS) is 17.3. The number of piperidine rings is 1. The summed E-state index contributed by atoms with van der Waals surface area (Å²) in [5.41, 5.74) is 1.74. The SMILES string of the molecule is COc1ccc(C)cc1S(=O)(=O)N1CCC[C@@H](C(=O)NCCNS(=O)(=O)c2ccc(C)cc2)C1. The molecule has 11 heteroatoms. The van der Waals surface area contributed by atoms with E-state index in [1.165, 1.54) is 23.5 Å². The van der Waals surface area contributed by atoms with Gasteiger partial charge in [-0.3, -0.25) is 4.79 Å². The van der Waals surface area contributed by atoms with Crippen molar-refractivity contribution in [1.29, 1.82) is 0 Å². The number of carbonyl (C=O) groups is 1. The van der Waals surface area contributed by atoms with Gasteiger partial charge in [-0.2, -0.15) is 4.31 Å². The third kappa shape index (κ3) is 6.15. The lowest BCUT2D eigenvalue weighted by atomic mass is 9.99. The van der Waals surface area contributed by atoms with E-state index >= 15 is 0 Å². The Bertz CT molecular complexity index is 1230. The Balaban J connectivity index is 1.57. The molecule has 0 spiro atoms. The molecule has 1 amide bonds. The first-order chi connectivity index (χ1) is 16.0. The summed E-state index contributed by atoms with van der Waals surface area (Å²) < 4.78 is 60.2. The highest BCUT2D eigenvalue weighted by Crippen LogP contribution is 2.30. The van der Waals surface area contributed by atoms with Crippen LogP contribution in [0.2, 0.25) is 0 Å². The van der Waals surface area contributed by atoms with Crippen LogP contribution in [0.5, 0.6) is 5.75 Å². The summed E-state index contributed by atoms with van der Waals surface area (Å²) in [7, 11) is -6.08. The lowest BCUT2D eigenvalue weighted by Gasteiger charge is -2.31. The molecule has 1 saturated heterocycles. The first-order valence-corrected chi connectivity index (χ1v) is 14.0. The Labute approximate surface area is 201 Å². The van der Waals surface area contributed by atoms with Crippen LogP contribution in [-0.2, 0) is 24.8 Å².